The van der Waals surface area contributed by atoms with Gasteiger partial charge in [-0.25, -0.2) is 4.39 Å². The maximum atomic E-state index is 13.2. The van der Waals surface area contributed by atoms with Gasteiger partial charge in [0.15, 0.2) is 0 Å². The van der Waals surface area contributed by atoms with Gasteiger partial charge in [0.05, 0.1) is 11.1 Å². The topological polar surface area (TPSA) is 33.1 Å². The highest BCUT2D eigenvalue weighted by Gasteiger charge is 2.12. The number of aromatic nitrogens is 1. The van der Waals surface area contributed by atoms with Crippen molar-refractivity contribution in [2.75, 3.05) is 0 Å². The molecular formula is C13H11ClFNO. The molecule has 2 rings (SSSR count). The quantitative estimate of drug-likeness (QED) is 0.909. The van der Waals surface area contributed by atoms with Gasteiger partial charge in [-0.05, 0) is 23.3 Å². The zero-order valence-corrected chi connectivity index (χ0v) is 9.73. The Balaban J connectivity index is 2.19. The summed E-state index contributed by atoms with van der Waals surface area (Å²) in [5.74, 6) is -0.470. The van der Waals surface area contributed by atoms with Crippen molar-refractivity contribution in [1.82, 2.24) is 4.98 Å². The Bertz CT molecular complexity index is 504. The fourth-order valence-electron chi connectivity index (χ4n) is 1.61. The number of hydrogen-bond acceptors (Lipinski definition) is 2. The Morgan fingerprint density at radius 3 is 2.82 bits per heavy atom. The third kappa shape index (κ3) is 2.81. The molecule has 0 saturated heterocycles. The first-order valence-electron chi connectivity index (χ1n) is 5.19. The average Bonchev–Trinajstić information content (AvgIpc) is 2.36. The molecule has 1 aromatic heterocycles. The highest BCUT2D eigenvalue weighted by Crippen LogP contribution is 2.25. The van der Waals surface area contributed by atoms with Crippen molar-refractivity contribution in [3.05, 3.63) is 64.7 Å². The number of pyridine rings is 1. The number of nitrogens with zero attached hydrogens (tertiary/aromatic N) is 1. The minimum Gasteiger partial charge on any atom is -0.388 e. The van der Waals surface area contributed by atoms with Crippen LogP contribution >= 0.6 is 11.6 Å². The van der Waals surface area contributed by atoms with Crippen LogP contribution in [-0.2, 0) is 6.42 Å². The van der Waals surface area contributed by atoms with Gasteiger partial charge in [-0.1, -0.05) is 29.8 Å². The molecule has 17 heavy (non-hydrogen) atoms. The van der Waals surface area contributed by atoms with Gasteiger partial charge in [-0.15, -0.1) is 0 Å². The Morgan fingerprint density at radius 1 is 1.29 bits per heavy atom. The fourth-order valence-corrected chi connectivity index (χ4v) is 1.81. The highest BCUT2D eigenvalue weighted by molar-refractivity contribution is 6.31. The summed E-state index contributed by atoms with van der Waals surface area (Å²) in [7, 11) is 0. The van der Waals surface area contributed by atoms with Crippen molar-refractivity contribution < 1.29 is 9.50 Å². The van der Waals surface area contributed by atoms with E-state index in [1.165, 1.54) is 6.07 Å². The van der Waals surface area contributed by atoms with E-state index in [0.29, 0.717) is 11.1 Å². The smallest absolute Gasteiger partial charge is 0.142 e. The molecule has 0 aliphatic rings. The lowest BCUT2D eigenvalue weighted by molar-refractivity contribution is 0.178. The van der Waals surface area contributed by atoms with E-state index < -0.39 is 11.9 Å². The van der Waals surface area contributed by atoms with Gasteiger partial charge in [-0.3, -0.25) is 4.98 Å². The zero-order valence-electron chi connectivity index (χ0n) is 8.98. The van der Waals surface area contributed by atoms with Crippen molar-refractivity contribution >= 4 is 11.6 Å². The second-order valence-electron chi connectivity index (χ2n) is 3.72. The lowest BCUT2D eigenvalue weighted by atomic mass is 10.0. The summed E-state index contributed by atoms with van der Waals surface area (Å²) in [5, 5.41) is 10.0. The standard InChI is InChI=1S/C13H11ClFNO/c14-13-9(3-1-5-11(13)15)7-12(17)10-4-2-6-16-8-10/h1-6,8,12,17H,7H2. The van der Waals surface area contributed by atoms with E-state index >= 15 is 0 Å². The van der Waals surface area contributed by atoms with Crippen LogP contribution in [0.25, 0.3) is 0 Å². The van der Waals surface area contributed by atoms with Crippen molar-refractivity contribution in [1.29, 1.82) is 0 Å². The van der Waals surface area contributed by atoms with Crippen LogP contribution < -0.4 is 0 Å². The van der Waals surface area contributed by atoms with Gasteiger partial charge >= 0.3 is 0 Å². The summed E-state index contributed by atoms with van der Waals surface area (Å²) in [4.78, 5) is 3.92. The number of rotatable bonds is 3. The first-order valence-corrected chi connectivity index (χ1v) is 5.57. The highest BCUT2D eigenvalue weighted by atomic mass is 35.5. The number of hydrogen-bond donors (Lipinski definition) is 1. The number of aliphatic hydroxyl groups excluding tert-OH is 1. The molecule has 0 aliphatic heterocycles. The molecule has 0 amide bonds. The zero-order chi connectivity index (χ0) is 12.3. The summed E-state index contributed by atoms with van der Waals surface area (Å²) in [5.41, 5.74) is 1.27. The van der Waals surface area contributed by atoms with E-state index in [1.807, 2.05) is 0 Å². The van der Waals surface area contributed by atoms with E-state index in [0.717, 1.165) is 0 Å². The van der Waals surface area contributed by atoms with Gasteiger partial charge in [0.25, 0.3) is 0 Å². The Kier molecular flexibility index (Phi) is 3.71. The summed E-state index contributed by atoms with van der Waals surface area (Å²) in [6, 6.07) is 8.08. The van der Waals surface area contributed by atoms with Crippen LogP contribution in [0.4, 0.5) is 4.39 Å². The number of halogens is 2. The fraction of sp³-hybridized carbons (Fsp3) is 0.154. The molecule has 1 aromatic carbocycles. The summed E-state index contributed by atoms with van der Waals surface area (Å²) in [6.07, 6.45) is 2.74. The van der Waals surface area contributed by atoms with Gasteiger partial charge in [0.1, 0.15) is 5.82 Å². The molecule has 2 aromatic rings. The molecule has 4 heteroatoms. The van der Waals surface area contributed by atoms with Gasteiger partial charge in [-0.2, -0.15) is 0 Å². The minimum atomic E-state index is -0.733. The molecule has 0 saturated carbocycles. The van der Waals surface area contributed by atoms with E-state index in [1.54, 1.807) is 36.7 Å². The van der Waals surface area contributed by atoms with Crippen LogP contribution in [0, 0.1) is 5.82 Å². The molecular weight excluding hydrogens is 241 g/mol. The van der Waals surface area contributed by atoms with E-state index in [-0.39, 0.29) is 11.4 Å². The second kappa shape index (κ2) is 5.25. The predicted molar refractivity (Wildman–Crippen MR) is 64.3 cm³/mol. The van der Waals surface area contributed by atoms with Crippen LogP contribution in [0.15, 0.2) is 42.7 Å². The van der Waals surface area contributed by atoms with E-state index in [4.69, 9.17) is 11.6 Å². The predicted octanol–water partition coefficient (Wildman–Crippen LogP) is 3.15. The first-order chi connectivity index (χ1) is 8.18. The monoisotopic (exact) mass is 251 g/mol. The van der Waals surface area contributed by atoms with Gasteiger partial charge < -0.3 is 5.11 Å². The molecule has 0 spiro atoms. The van der Waals surface area contributed by atoms with Crippen LogP contribution in [0.3, 0.4) is 0 Å². The van der Waals surface area contributed by atoms with Crippen molar-refractivity contribution in [3.63, 3.8) is 0 Å². The molecule has 0 radical (unpaired) electrons. The second-order valence-corrected chi connectivity index (χ2v) is 4.10. The summed E-state index contributed by atoms with van der Waals surface area (Å²) < 4.78 is 13.2. The normalized spacial score (nSPS) is 12.4. The maximum absolute atomic E-state index is 13.2. The van der Waals surface area contributed by atoms with Gasteiger partial charge in [0.2, 0.25) is 0 Å². The third-order valence-corrected chi connectivity index (χ3v) is 2.94. The molecule has 1 heterocycles. The largest absolute Gasteiger partial charge is 0.388 e. The van der Waals surface area contributed by atoms with Crippen molar-refractivity contribution in [2.24, 2.45) is 0 Å². The Morgan fingerprint density at radius 2 is 2.12 bits per heavy atom. The lowest BCUT2D eigenvalue weighted by Gasteiger charge is -2.11. The Labute approximate surface area is 104 Å². The molecule has 0 fully saturated rings. The van der Waals surface area contributed by atoms with Crippen LogP contribution in [0.2, 0.25) is 5.02 Å². The van der Waals surface area contributed by atoms with Crippen LogP contribution in [0.5, 0.6) is 0 Å². The Hall–Kier alpha value is -1.45. The van der Waals surface area contributed by atoms with Crippen LogP contribution in [0.1, 0.15) is 17.2 Å². The molecule has 2 nitrogen and oxygen atoms in total. The van der Waals surface area contributed by atoms with E-state index in [2.05, 4.69) is 4.98 Å². The summed E-state index contributed by atoms with van der Waals surface area (Å²) in [6.45, 7) is 0. The molecule has 1 N–H and O–H groups in total. The first kappa shape index (κ1) is 12.0. The third-order valence-electron chi connectivity index (χ3n) is 2.51. The lowest BCUT2D eigenvalue weighted by Crippen LogP contribution is -2.03. The molecule has 88 valence electrons. The minimum absolute atomic E-state index is 0.0652. The molecule has 1 atom stereocenters. The summed E-state index contributed by atoms with van der Waals surface area (Å²) >= 11 is 5.82. The molecule has 0 aliphatic carbocycles. The maximum Gasteiger partial charge on any atom is 0.142 e. The van der Waals surface area contributed by atoms with Crippen LogP contribution in [-0.4, -0.2) is 10.1 Å². The number of benzene rings is 1. The molecule has 1 unspecified atom stereocenters. The van der Waals surface area contributed by atoms with Crippen molar-refractivity contribution in [3.8, 4) is 0 Å². The average molecular weight is 252 g/mol. The SMILES string of the molecule is OC(Cc1cccc(F)c1Cl)c1cccnc1. The molecule has 0 bridgehead atoms. The number of aliphatic hydroxyl groups is 1. The van der Waals surface area contributed by atoms with Crippen molar-refractivity contribution in [2.45, 2.75) is 12.5 Å². The van der Waals surface area contributed by atoms with E-state index in [9.17, 15) is 9.50 Å². The van der Waals surface area contributed by atoms with Gasteiger partial charge in [0, 0.05) is 18.8 Å².